The quantitative estimate of drug-likeness (QED) is 0.500. The van der Waals surface area contributed by atoms with Crippen LogP contribution in [0.1, 0.15) is 26.5 Å². The number of amides is 1. The smallest absolute Gasteiger partial charge is 0.263 e. The Morgan fingerprint density at radius 1 is 1.18 bits per heavy atom. The van der Waals surface area contributed by atoms with E-state index in [0.29, 0.717) is 17.8 Å². The van der Waals surface area contributed by atoms with Crippen LogP contribution in [-0.2, 0) is 6.42 Å². The van der Waals surface area contributed by atoms with E-state index in [1.165, 1.54) is 29.0 Å². The van der Waals surface area contributed by atoms with E-state index in [4.69, 9.17) is 0 Å². The van der Waals surface area contributed by atoms with Crippen LogP contribution in [0.4, 0.5) is 4.39 Å². The highest BCUT2D eigenvalue weighted by Gasteiger charge is 2.16. The Morgan fingerprint density at radius 2 is 1.96 bits per heavy atom. The molecule has 6 heteroatoms. The summed E-state index contributed by atoms with van der Waals surface area (Å²) in [6.45, 7) is 4.36. The van der Waals surface area contributed by atoms with E-state index in [1.807, 2.05) is 44.3 Å². The number of hydrogen-bond donors (Lipinski definition) is 2. The van der Waals surface area contributed by atoms with Crippen molar-refractivity contribution >= 4 is 28.1 Å². The standard InChI is InChI=1S/C22H20FN3OS/c1-13-3-5-15(6-4-13)22-26-14(2)20(28-22)21(27)24-10-9-16-12-25-19-8-7-17(23)11-18(16)19/h3-8,11-12,25H,9-10H2,1-2H3,(H,24,27). The molecule has 0 saturated carbocycles. The fraction of sp³-hybridized carbons (Fsp3) is 0.182. The molecule has 2 heterocycles. The lowest BCUT2D eigenvalue weighted by Gasteiger charge is -2.04. The molecular weight excluding hydrogens is 373 g/mol. The van der Waals surface area contributed by atoms with E-state index >= 15 is 0 Å². The summed E-state index contributed by atoms with van der Waals surface area (Å²) in [5.41, 5.74) is 4.80. The molecule has 0 atom stereocenters. The monoisotopic (exact) mass is 393 g/mol. The van der Waals surface area contributed by atoms with Gasteiger partial charge in [-0.1, -0.05) is 29.8 Å². The zero-order valence-corrected chi connectivity index (χ0v) is 16.5. The van der Waals surface area contributed by atoms with Crippen molar-refractivity contribution in [3.63, 3.8) is 0 Å². The number of carbonyl (C=O) groups excluding carboxylic acids is 1. The maximum atomic E-state index is 13.5. The van der Waals surface area contributed by atoms with Crippen molar-refractivity contribution < 1.29 is 9.18 Å². The minimum Gasteiger partial charge on any atom is -0.361 e. The van der Waals surface area contributed by atoms with E-state index in [2.05, 4.69) is 15.3 Å². The van der Waals surface area contributed by atoms with E-state index in [9.17, 15) is 9.18 Å². The molecule has 2 N–H and O–H groups in total. The molecule has 4 aromatic rings. The summed E-state index contributed by atoms with van der Waals surface area (Å²) in [7, 11) is 0. The first-order valence-electron chi connectivity index (χ1n) is 9.09. The molecule has 0 aliphatic carbocycles. The minimum absolute atomic E-state index is 0.126. The summed E-state index contributed by atoms with van der Waals surface area (Å²) in [6.07, 6.45) is 2.49. The van der Waals surface area contributed by atoms with Gasteiger partial charge < -0.3 is 10.3 Å². The summed E-state index contributed by atoms with van der Waals surface area (Å²) >= 11 is 1.40. The fourth-order valence-corrected chi connectivity index (χ4v) is 4.16. The van der Waals surface area contributed by atoms with Gasteiger partial charge in [0.15, 0.2) is 0 Å². The number of aromatic nitrogens is 2. The molecular formula is C22H20FN3OS. The van der Waals surface area contributed by atoms with Crippen LogP contribution in [0.5, 0.6) is 0 Å². The highest BCUT2D eigenvalue weighted by atomic mass is 32.1. The average Bonchev–Trinajstić information content (AvgIpc) is 3.26. The van der Waals surface area contributed by atoms with Crippen molar-refractivity contribution in [3.05, 3.63) is 76.2 Å². The highest BCUT2D eigenvalue weighted by Crippen LogP contribution is 2.28. The second-order valence-electron chi connectivity index (χ2n) is 6.81. The number of thiazole rings is 1. The van der Waals surface area contributed by atoms with Gasteiger partial charge in [-0.3, -0.25) is 4.79 Å². The molecule has 1 amide bonds. The van der Waals surface area contributed by atoms with Crippen LogP contribution in [0, 0.1) is 19.7 Å². The fourth-order valence-electron chi connectivity index (χ4n) is 3.18. The molecule has 28 heavy (non-hydrogen) atoms. The van der Waals surface area contributed by atoms with Gasteiger partial charge in [-0.2, -0.15) is 0 Å². The van der Waals surface area contributed by atoms with E-state index in [0.717, 1.165) is 32.7 Å². The molecule has 142 valence electrons. The van der Waals surface area contributed by atoms with E-state index in [-0.39, 0.29) is 11.7 Å². The summed E-state index contributed by atoms with van der Waals surface area (Å²) in [6, 6.07) is 12.8. The number of benzene rings is 2. The number of halogens is 1. The second kappa shape index (κ2) is 7.56. The minimum atomic E-state index is -0.263. The Balaban J connectivity index is 1.44. The van der Waals surface area contributed by atoms with Crippen LogP contribution in [0.25, 0.3) is 21.5 Å². The third-order valence-corrected chi connectivity index (χ3v) is 5.92. The van der Waals surface area contributed by atoms with Crippen molar-refractivity contribution in [2.45, 2.75) is 20.3 Å². The van der Waals surface area contributed by atoms with E-state index < -0.39 is 0 Å². The maximum Gasteiger partial charge on any atom is 0.263 e. The third kappa shape index (κ3) is 3.68. The zero-order chi connectivity index (χ0) is 19.7. The SMILES string of the molecule is Cc1ccc(-c2nc(C)c(C(=O)NCCc3c[nH]c4ccc(F)cc34)s2)cc1. The zero-order valence-electron chi connectivity index (χ0n) is 15.7. The molecule has 0 spiro atoms. The molecule has 0 fully saturated rings. The lowest BCUT2D eigenvalue weighted by atomic mass is 10.1. The Labute approximate surface area is 166 Å². The molecule has 4 nitrogen and oxygen atoms in total. The lowest BCUT2D eigenvalue weighted by Crippen LogP contribution is -2.25. The Hall–Kier alpha value is -2.99. The van der Waals surface area contributed by atoms with E-state index in [1.54, 1.807) is 6.07 Å². The highest BCUT2D eigenvalue weighted by molar-refractivity contribution is 7.17. The Morgan fingerprint density at radius 3 is 2.75 bits per heavy atom. The molecule has 0 radical (unpaired) electrons. The summed E-state index contributed by atoms with van der Waals surface area (Å²) in [4.78, 5) is 20.9. The normalized spacial score (nSPS) is 11.1. The largest absolute Gasteiger partial charge is 0.361 e. The lowest BCUT2D eigenvalue weighted by molar-refractivity contribution is 0.0957. The Bertz CT molecular complexity index is 1140. The first-order chi connectivity index (χ1) is 13.5. The third-order valence-electron chi connectivity index (χ3n) is 4.71. The number of nitrogens with zero attached hydrogens (tertiary/aromatic N) is 1. The summed E-state index contributed by atoms with van der Waals surface area (Å²) < 4.78 is 13.5. The van der Waals surface area contributed by atoms with Crippen LogP contribution in [0.2, 0.25) is 0 Å². The summed E-state index contributed by atoms with van der Waals surface area (Å²) in [5, 5.41) is 4.65. The van der Waals surface area contributed by atoms with Gasteiger partial charge in [-0.05, 0) is 44.0 Å². The molecule has 0 saturated heterocycles. The van der Waals surface area contributed by atoms with Crippen LogP contribution in [0.15, 0.2) is 48.7 Å². The van der Waals surface area contributed by atoms with Gasteiger partial charge in [0, 0.05) is 29.2 Å². The number of H-pyrrole nitrogens is 1. The number of aryl methyl sites for hydroxylation is 2. The predicted molar refractivity (Wildman–Crippen MR) is 111 cm³/mol. The summed E-state index contributed by atoms with van der Waals surface area (Å²) in [5.74, 6) is -0.388. The van der Waals surface area contributed by atoms with Gasteiger partial charge in [-0.15, -0.1) is 11.3 Å². The number of rotatable bonds is 5. The van der Waals surface area contributed by atoms with Gasteiger partial charge in [0.2, 0.25) is 0 Å². The van der Waals surface area contributed by atoms with Crippen LogP contribution >= 0.6 is 11.3 Å². The molecule has 0 aliphatic heterocycles. The molecule has 0 unspecified atom stereocenters. The van der Waals surface area contributed by atoms with Crippen molar-refractivity contribution in [1.82, 2.24) is 15.3 Å². The molecule has 2 aromatic carbocycles. The topological polar surface area (TPSA) is 57.8 Å². The van der Waals surface area contributed by atoms with Crippen molar-refractivity contribution in [2.24, 2.45) is 0 Å². The molecule has 4 rings (SSSR count). The van der Waals surface area contributed by atoms with Crippen molar-refractivity contribution in [1.29, 1.82) is 0 Å². The predicted octanol–water partition coefficient (Wildman–Crippen LogP) is 5.02. The van der Waals surface area contributed by atoms with Gasteiger partial charge >= 0.3 is 0 Å². The van der Waals surface area contributed by atoms with Gasteiger partial charge in [0.25, 0.3) is 5.91 Å². The maximum absolute atomic E-state index is 13.5. The molecule has 2 aromatic heterocycles. The molecule has 0 aliphatic rings. The first-order valence-corrected chi connectivity index (χ1v) is 9.91. The van der Waals surface area contributed by atoms with Crippen LogP contribution < -0.4 is 5.32 Å². The van der Waals surface area contributed by atoms with Crippen molar-refractivity contribution in [2.75, 3.05) is 6.54 Å². The first kappa shape index (κ1) is 18.4. The molecule has 0 bridgehead atoms. The van der Waals surface area contributed by atoms with Crippen LogP contribution in [-0.4, -0.2) is 22.4 Å². The van der Waals surface area contributed by atoms with Crippen LogP contribution in [0.3, 0.4) is 0 Å². The van der Waals surface area contributed by atoms with Gasteiger partial charge in [-0.25, -0.2) is 9.37 Å². The second-order valence-corrected chi connectivity index (χ2v) is 7.81. The number of aromatic amines is 1. The van der Waals surface area contributed by atoms with Crippen molar-refractivity contribution in [3.8, 4) is 10.6 Å². The number of fused-ring (bicyclic) bond motifs is 1. The number of carbonyl (C=O) groups is 1. The number of nitrogens with one attached hydrogen (secondary N) is 2. The van der Waals surface area contributed by atoms with Gasteiger partial charge in [0.05, 0.1) is 5.69 Å². The number of hydrogen-bond acceptors (Lipinski definition) is 3. The Kier molecular flexibility index (Phi) is 4.96. The average molecular weight is 393 g/mol. The van der Waals surface area contributed by atoms with Gasteiger partial charge in [0.1, 0.15) is 15.7 Å².